The van der Waals surface area contributed by atoms with E-state index in [9.17, 15) is 18.0 Å². The molecular formula is C7H11N3O6S. The minimum Gasteiger partial charge on any atom is -0.448 e. The van der Waals surface area contributed by atoms with E-state index >= 15 is 0 Å². The highest BCUT2D eigenvalue weighted by molar-refractivity contribution is 7.84. The van der Waals surface area contributed by atoms with E-state index in [4.69, 9.17) is 10.3 Å². The van der Waals surface area contributed by atoms with E-state index < -0.39 is 34.4 Å². The summed E-state index contributed by atoms with van der Waals surface area (Å²) < 4.78 is 35.6. The second-order valence-corrected chi connectivity index (χ2v) is 5.05. The summed E-state index contributed by atoms with van der Waals surface area (Å²) in [5.74, 6) is -0.884. The Balaban J connectivity index is 2.10. The van der Waals surface area contributed by atoms with Gasteiger partial charge in [-0.2, -0.15) is 8.42 Å². The summed E-state index contributed by atoms with van der Waals surface area (Å²) >= 11 is 0. The first kappa shape index (κ1) is 12.1. The number of nitrogens with two attached hydrogens (primary N) is 1. The molecule has 2 aliphatic heterocycles. The van der Waals surface area contributed by atoms with Gasteiger partial charge in [0.1, 0.15) is 12.6 Å². The maximum atomic E-state index is 11.2. The van der Waals surface area contributed by atoms with E-state index in [0.29, 0.717) is 6.54 Å². The van der Waals surface area contributed by atoms with E-state index in [1.807, 2.05) is 0 Å². The molecule has 9 nitrogen and oxygen atoms in total. The summed E-state index contributed by atoms with van der Waals surface area (Å²) in [7, 11) is -4.63. The molecular weight excluding hydrogens is 254 g/mol. The summed E-state index contributed by atoms with van der Waals surface area (Å²) in [6, 6.07) is -1.98. The fourth-order valence-corrected chi connectivity index (χ4v) is 2.72. The molecule has 0 aliphatic carbocycles. The van der Waals surface area contributed by atoms with Crippen LogP contribution in [0.1, 0.15) is 0 Å². The molecule has 0 saturated carbocycles. The third-order valence-electron chi connectivity index (χ3n) is 2.72. The van der Waals surface area contributed by atoms with Gasteiger partial charge in [0.2, 0.25) is 0 Å². The lowest BCUT2D eigenvalue weighted by Gasteiger charge is -2.43. The molecule has 2 aliphatic rings. The maximum absolute atomic E-state index is 11.2. The van der Waals surface area contributed by atoms with Crippen LogP contribution in [0.5, 0.6) is 0 Å². The summed E-state index contributed by atoms with van der Waals surface area (Å²) in [6.45, 7) is 0.432. The predicted octanol–water partition coefficient (Wildman–Crippen LogP) is -2.22. The average molecular weight is 265 g/mol. The lowest BCUT2D eigenvalue weighted by Crippen LogP contribution is -2.72. The molecule has 0 aromatic rings. The van der Waals surface area contributed by atoms with Gasteiger partial charge in [-0.25, -0.2) is 9.10 Å². The SMILES string of the molecule is N[C@@H]1C(=O)N(S(=O)(=O)O)[C@@H]1CN1CCOC1=O. The Bertz CT molecular complexity index is 462. The summed E-state index contributed by atoms with van der Waals surface area (Å²) in [5.41, 5.74) is 5.43. The molecule has 0 unspecified atom stereocenters. The van der Waals surface area contributed by atoms with E-state index in [2.05, 4.69) is 4.74 Å². The molecule has 0 bridgehead atoms. The molecule has 2 atom stereocenters. The molecule has 96 valence electrons. The molecule has 17 heavy (non-hydrogen) atoms. The van der Waals surface area contributed by atoms with Crippen molar-refractivity contribution in [3.8, 4) is 0 Å². The van der Waals surface area contributed by atoms with Crippen molar-refractivity contribution in [3.63, 3.8) is 0 Å². The van der Waals surface area contributed by atoms with Gasteiger partial charge in [0.15, 0.2) is 0 Å². The van der Waals surface area contributed by atoms with Crippen LogP contribution in [-0.2, 0) is 19.8 Å². The largest absolute Gasteiger partial charge is 0.448 e. The predicted molar refractivity (Wildman–Crippen MR) is 53.1 cm³/mol. The van der Waals surface area contributed by atoms with Crippen LogP contribution in [0.25, 0.3) is 0 Å². The summed E-state index contributed by atoms with van der Waals surface area (Å²) in [4.78, 5) is 23.6. The standard InChI is InChI=1S/C7H11N3O6S/c8-5-4(3-9-1-2-16-7(9)12)10(6(5)11)17(13,14)15/h4-5H,1-3,8H2,(H,13,14,15)/t4-,5+/m1/s1. The van der Waals surface area contributed by atoms with E-state index in [0.717, 1.165) is 0 Å². The van der Waals surface area contributed by atoms with Crippen molar-refractivity contribution >= 4 is 22.3 Å². The number of rotatable bonds is 3. The number of hydrogen-bond donors (Lipinski definition) is 2. The van der Waals surface area contributed by atoms with Gasteiger partial charge in [-0.3, -0.25) is 9.35 Å². The Morgan fingerprint density at radius 1 is 1.47 bits per heavy atom. The zero-order valence-electron chi connectivity index (χ0n) is 8.64. The normalized spacial score (nSPS) is 29.3. The first-order chi connectivity index (χ1) is 7.82. The second kappa shape index (κ2) is 3.82. The van der Waals surface area contributed by atoms with Gasteiger partial charge in [-0.05, 0) is 0 Å². The van der Waals surface area contributed by atoms with E-state index in [1.54, 1.807) is 0 Å². The van der Waals surface area contributed by atoms with Crippen LogP contribution in [0, 0.1) is 0 Å². The monoisotopic (exact) mass is 265 g/mol. The smallest absolute Gasteiger partial charge is 0.410 e. The first-order valence-electron chi connectivity index (χ1n) is 4.80. The number of amides is 2. The van der Waals surface area contributed by atoms with Crippen LogP contribution < -0.4 is 5.73 Å². The van der Waals surface area contributed by atoms with Crippen LogP contribution >= 0.6 is 0 Å². The molecule has 10 heteroatoms. The molecule has 0 aromatic heterocycles. The molecule has 2 amide bonds. The van der Waals surface area contributed by atoms with Crippen molar-refractivity contribution in [3.05, 3.63) is 0 Å². The molecule has 2 rings (SSSR count). The Hall–Kier alpha value is -1.39. The van der Waals surface area contributed by atoms with Crippen molar-refractivity contribution in [1.82, 2.24) is 9.21 Å². The van der Waals surface area contributed by atoms with E-state index in [1.165, 1.54) is 4.90 Å². The van der Waals surface area contributed by atoms with Crippen LogP contribution in [0.15, 0.2) is 0 Å². The van der Waals surface area contributed by atoms with Gasteiger partial charge in [-0.1, -0.05) is 0 Å². The Kier molecular flexibility index (Phi) is 2.72. The summed E-state index contributed by atoms with van der Waals surface area (Å²) in [5, 5.41) is 0. The highest BCUT2D eigenvalue weighted by Gasteiger charge is 2.52. The highest BCUT2D eigenvalue weighted by atomic mass is 32.2. The third kappa shape index (κ3) is 1.94. The Morgan fingerprint density at radius 3 is 2.59 bits per heavy atom. The number of carbonyl (C=O) groups excluding carboxylic acids is 2. The highest BCUT2D eigenvalue weighted by Crippen LogP contribution is 2.23. The Morgan fingerprint density at radius 2 is 2.12 bits per heavy atom. The number of cyclic esters (lactones) is 1. The number of hydrogen-bond acceptors (Lipinski definition) is 6. The Labute approximate surface area is 97.0 Å². The summed E-state index contributed by atoms with van der Waals surface area (Å²) in [6.07, 6.45) is -0.591. The van der Waals surface area contributed by atoms with E-state index in [-0.39, 0.29) is 17.5 Å². The third-order valence-corrected chi connectivity index (χ3v) is 3.67. The minimum atomic E-state index is -4.63. The quantitative estimate of drug-likeness (QED) is 0.436. The lowest BCUT2D eigenvalue weighted by atomic mass is 9.99. The number of β-lactam (4-membered cyclic amide) rings is 1. The topological polar surface area (TPSA) is 130 Å². The van der Waals surface area contributed by atoms with Crippen LogP contribution in [0.2, 0.25) is 0 Å². The van der Waals surface area contributed by atoms with Gasteiger partial charge < -0.3 is 15.4 Å². The fraction of sp³-hybridized carbons (Fsp3) is 0.714. The molecule has 0 aromatic carbocycles. The number of nitrogens with zero attached hydrogens (tertiary/aromatic N) is 2. The van der Waals surface area contributed by atoms with Gasteiger partial charge in [-0.15, -0.1) is 0 Å². The van der Waals surface area contributed by atoms with Crippen molar-refractivity contribution < 1.29 is 27.3 Å². The van der Waals surface area contributed by atoms with Gasteiger partial charge in [0, 0.05) is 6.54 Å². The van der Waals surface area contributed by atoms with Crippen LogP contribution in [0.4, 0.5) is 4.79 Å². The fourth-order valence-electron chi connectivity index (χ4n) is 1.83. The maximum Gasteiger partial charge on any atom is 0.410 e. The van der Waals surface area contributed by atoms with Crippen molar-refractivity contribution in [2.45, 2.75) is 12.1 Å². The molecule has 2 fully saturated rings. The minimum absolute atomic E-state index is 0.0778. The molecule has 0 radical (unpaired) electrons. The second-order valence-electron chi connectivity index (χ2n) is 3.77. The lowest BCUT2D eigenvalue weighted by molar-refractivity contribution is -0.141. The number of ether oxygens (including phenoxy) is 1. The molecule has 2 heterocycles. The zero-order valence-corrected chi connectivity index (χ0v) is 9.46. The van der Waals surface area contributed by atoms with Crippen LogP contribution in [0.3, 0.4) is 0 Å². The van der Waals surface area contributed by atoms with Crippen LogP contribution in [-0.4, -0.2) is 66.0 Å². The molecule has 0 spiro atoms. The molecule has 3 N–H and O–H groups in total. The van der Waals surface area contributed by atoms with Crippen molar-refractivity contribution in [2.24, 2.45) is 5.73 Å². The van der Waals surface area contributed by atoms with Crippen molar-refractivity contribution in [1.29, 1.82) is 0 Å². The van der Waals surface area contributed by atoms with Gasteiger partial charge in [0.05, 0.1) is 12.6 Å². The van der Waals surface area contributed by atoms with Gasteiger partial charge in [0.25, 0.3) is 5.91 Å². The molecule has 2 saturated heterocycles. The van der Waals surface area contributed by atoms with Gasteiger partial charge >= 0.3 is 16.4 Å². The van der Waals surface area contributed by atoms with Crippen molar-refractivity contribution in [2.75, 3.05) is 19.7 Å². The zero-order chi connectivity index (χ0) is 12.8. The average Bonchev–Trinajstić information content (AvgIpc) is 2.61. The number of carbonyl (C=O) groups is 2. The first-order valence-corrected chi connectivity index (χ1v) is 6.20.